The Kier molecular flexibility index (Phi) is 7.12. The lowest BCUT2D eigenvalue weighted by Gasteiger charge is -2.32. The molecule has 7 heteroatoms. The molecular formula is C19H29N3O4. The third-order valence-electron chi connectivity index (χ3n) is 4.54. The molecule has 1 heterocycles. The van der Waals surface area contributed by atoms with Gasteiger partial charge in [-0.25, -0.2) is 4.79 Å². The van der Waals surface area contributed by atoms with Crippen LogP contribution in [0.15, 0.2) is 18.2 Å². The summed E-state index contributed by atoms with van der Waals surface area (Å²) in [6.07, 6.45) is 3.19. The van der Waals surface area contributed by atoms with E-state index in [4.69, 9.17) is 9.47 Å². The van der Waals surface area contributed by atoms with Crippen LogP contribution in [0.3, 0.4) is 0 Å². The van der Waals surface area contributed by atoms with E-state index in [-0.39, 0.29) is 11.8 Å². The summed E-state index contributed by atoms with van der Waals surface area (Å²) in [5.74, 6) is 1.10. The summed E-state index contributed by atoms with van der Waals surface area (Å²) in [5, 5.41) is 5.57. The Hall–Kier alpha value is -2.44. The molecule has 3 amide bonds. The van der Waals surface area contributed by atoms with Crippen molar-refractivity contribution in [2.24, 2.45) is 5.92 Å². The van der Waals surface area contributed by atoms with Crippen molar-refractivity contribution in [2.45, 2.75) is 39.2 Å². The lowest BCUT2D eigenvalue weighted by atomic mass is 10.0. The van der Waals surface area contributed by atoms with E-state index in [1.165, 1.54) is 7.11 Å². The standard InChI is InChI=1S/C19H29N3O4/c1-13(2)17(18(23)22-10-6-5-7-11-22)21-19(24)20-15-9-8-14(25-3)12-16(15)26-4/h8-9,12-13,17H,5-7,10-11H2,1-4H3,(H2,20,21,24). The summed E-state index contributed by atoms with van der Waals surface area (Å²) in [4.78, 5) is 27.1. The van der Waals surface area contributed by atoms with Crippen molar-refractivity contribution >= 4 is 17.6 Å². The van der Waals surface area contributed by atoms with Gasteiger partial charge in [-0.05, 0) is 37.3 Å². The molecule has 1 unspecified atom stereocenters. The predicted molar refractivity (Wildman–Crippen MR) is 101 cm³/mol. The summed E-state index contributed by atoms with van der Waals surface area (Å²) < 4.78 is 10.4. The SMILES string of the molecule is COc1ccc(NC(=O)NC(C(=O)N2CCCCC2)C(C)C)c(OC)c1. The molecule has 1 atom stereocenters. The number of likely N-dealkylation sites (tertiary alicyclic amines) is 1. The Bertz CT molecular complexity index is 627. The van der Waals surface area contributed by atoms with Crippen molar-refractivity contribution in [3.05, 3.63) is 18.2 Å². The minimum atomic E-state index is -0.558. The van der Waals surface area contributed by atoms with E-state index in [1.54, 1.807) is 25.3 Å². The van der Waals surface area contributed by atoms with Gasteiger partial charge in [0, 0.05) is 19.2 Å². The first kappa shape index (κ1) is 19.9. The van der Waals surface area contributed by atoms with Crippen LogP contribution in [-0.2, 0) is 4.79 Å². The van der Waals surface area contributed by atoms with Gasteiger partial charge in [0.15, 0.2) is 0 Å². The highest BCUT2D eigenvalue weighted by atomic mass is 16.5. The normalized spacial score (nSPS) is 15.3. The molecule has 1 aromatic carbocycles. The highest BCUT2D eigenvalue weighted by Gasteiger charge is 2.29. The topological polar surface area (TPSA) is 79.9 Å². The third-order valence-corrected chi connectivity index (χ3v) is 4.54. The highest BCUT2D eigenvalue weighted by Crippen LogP contribution is 2.29. The number of nitrogens with one attached hydrogen (secondary N) is 2. The minimum Gasteiger partial charge on any atom is -0.497 e. The molecule has 1 aliphatic heterocycles. The van der Waals surface area contributed by atoms with Gasteiger partial charge in [-0.2, -0.15) is 0 Å². The van der Waals surface area contributed by atoms with E-state index in [0.29, 0.717) is 17.2 Å². The zero-order chi connectivity index (χ0) is 19.1. The quantitative estimate of drug-likeness (QED) is 0.814. The van der Waals surface area contributed by atoms with Crippen LogP contribution in [0, 0.1) is 5.92 Å². The minimum absolute atomic E-state index is 0.00654. The molecule has 0 radical (unpaired) electrons. The molecule has 1 fully saturated rings. The number of rotatable bonds is 6. The largest absolute Gasteiger partial charge is 0.497 e. The molecule has 0 bridgehead atoms. The van der Waals surface area contributed by atoms with E-state index in [0.717, 1.165) is 32.4 Å². The summed E-state index contributed by atoms with van der Waals surface area (Å²) in [7, 11) is 3.09. The molecule has 2 rings (SSSR count). The second-order valence-corrected chi connectivity index (χ2v) is 6.77. The Morgan fingerprint density at radius 1 is 1.08 bits per heavy atom. The van der Waals surface area contributed by atoms with E-state index >= 15 is 0 Å². The lowest BCUT2D eigenvalue weighted by Crippen LogP contribution is -2.53. The molecule has 0 aliphatic carbocycles. The number of hydrogen-bond acceptors (Lipinski definition) is 4. The number of anilines is 1. The number of piperidine rings is 1. The van der Waals surface area contributed by atoms with Gasteiger partial charge in [-0.1, -0.05) is 13.8 Å². The summed E-state index contributed by atoms with van der Waals surface area (Å²) in [5.41, 5.74) is 0.513. The van der Waals surface area contributed by atoms with Crippen molar-refractivity contribution in [3.63, 3.8) is 0 Å². The van der Waals surface area contributed by atoms with E-state index in [1.807, 2.05) is 18.7 Å². The zero-order valence-corrected chi connectivity index (χ0v) is 16.0. The van der Waals surface area contributed by atoms with Crippen LogP contribution in [0.2, 0.25) is 0 Å². The molecule has 1 saturated heterocycles. The monoisotopic (exact) mass is 363 g/mol. The van der Waals surface area contributed by atoms with E-state index in [9.17, 15) is 9.59 Å². The molecule has 0 saturated carbocycles. The number of amides is 3. The van der Waals surface area contributed by atoms with Crippen molar-refractivity contribution in [1.82, 2.24) is 10.2 Å². The fraction of sp³-hybridized carbons (Fsp3) is 0.579. The second kappa shape index (κ2) is 9.31. The first-order valence-corrected chi connectivity index (χ1v) is 9.04. The molecule has 1 aromatic rings. The smallest absolute Gasteiger partial charge is 0.320 e. The van der Waals surface area contributed by atoms with Crippen LogP contribution in [0.25, 0.3) is 0 Å². The van der Waals surface area contributed by atoms with Gasteiger partial charge >= 0.3 is 6.03 Å². The first-order valence-electron chi connectivity index (χ1n) is 9.04. The number of nitrogens with zero attached hydrogens (tertiary/aromatic N) is 1. The Morgan fingerprint density at radius 2 is 1.77 bits per heavy atom. The van der Waals surface area contributed by atoms with Crippen molar-refractivity contribution in [2.75, 3.05) is 32.6 Å². The van der Waals surface area contributed by atoms with Crippen LogP contribution in [0.4, 0.5) is 10.5 Å². The van der Waals surface area contributed by atoms with Crippen molar-refractivity contribution < 1.29 is 19.1 Å². The molecule has 0 spiro atoms. The maximum Gasteiger partial charge on any atom is 0.320 e. The maximum absolute atomic E-state index is 12.8. The highest BCUT2D eigenvalue weighted by molar-refractivity contribution is 5.95. The number of carbonyl (C=O) groups excluding carboxylic acids is 2. The molecular weight excluding hydrogens is 334 g/mol. The zero-order valence-electron chi connectivity index (χ0n) is 16.0. The molecule has 26 heavy (non-hydrogen) atoms. The van der Waals surface area contributed by atoms with Gasteiger partial charge in [0.2, 0.25) is 5.91 Å². The molecule has 7 nitrogen and oxygen atoms in total. The molecule has 144 valence electrons. The molecule has 1 aliphatic rings. The Balaban J connectivity index is 2.04. The lowest BCUT2D eigenvalue weighted by molar-refractivity contribution is -0.135. The number of methoxy groups -OCH3 is 2. The van der Waals surface area contributed by atoms with Gasteiger partial charge in [-0.3, -0.25) is 4.79 Å². The van der Waals surface area contributed by atoms with Gasteiger partial charge in [0.05, 0.1) is 19.9 Å². The summed E-state index contributed by atoms with van der Waals surface area (Å²) in [6, 6.07) is 4.13. The fourth-order valence-electron chi connectivity index (χ4n) is 3.03. The number of carbonyl (C=O) groups is 2. The average Bonchev–Trinajstić information content (AvgIpc) is 2.66. The molecule has 2 N–H and O–H groups in total. The van der Waals surface area contributed by atoms with Crippen molar-refractivity contribution in [1.29, 1.82) is 0 Å². The number of benzene rings is 1. The maximum atomic E-state index is 12.8. The summed E-state index contributed by atoms with van der Waals surface area (Å²) >= 11 is 0. The average molecular weight is 363 g/mol. The van der Waals surface area contributed by atoms with Crippen LogP contribution in [0.1, 0.15) is 33.1 Å². The third kappa shape index (κ3) is 5.03. The van der Waals surface area contributed by atoms with Gasteiger partial charge in [0.1, 0.15) is 17.5 Å². The summed E-state index contributed by atoms with van der Waals surface area (Å²) in [6.45, 7) is 5.39. The van der Waals surface area contributed by atoms with Crippen LogP contribution < -0.4 is 20.1 Å². The fourth-order valence-corrected chi connectivity index (χ4v) is 3.03. The van der Waals surface area contributed by atoms with Gasteiger partial charge in [0.25, 0.3) is 0 Å². The Morgan fingerprint density at radius 3 is 2.35 bits per heavy atom. The van der Waals surface area contributed by atoms with Crippen molar-refractivity contribution in [3.8, 4) is 11.5 Å². The van der Waals surface area contributed by atoms with Gasteiger partial charge in [-0.15, -0.1) is 0 Å². The number of ether oxygens (including phenoxy) is 2. The van der Waals surface area contributed by atoms with E-state index in [2.05, 4.69) is 10.6 Å². The Labute approximate surface area is 155 Å². The van der Waals surface area contributed by atoms with Gasteiger partial charge < -0.3 is 25.0 Å². The predicted octanol–water partition coefficient (Wildman–Crippen LogP) is 2.86. The number of hydrogen-bond donors (Lipinski definition) is 2. The van der Waals surface area contributed by atoms with E-state index < -0.39 is 12.1 Å². The first-order chi connectivity index (χ1) is 12.5. The number of urea groups is 1. The second-order valence-electron chi connectivity index (χ2n) is 6.77. The molecule has 0 aromatic heterocycles. The van der Waals surface area contributed by atoms with Crippen LogP contribution in [0.5, 0.6) is 11.5 Å². The van der Waals surface area contributed by atoms with Crippen LogP contribution in [-0.4, -0.2) is 50.2 Å². The van der Waals surface area contributed by atoms with Crippen LogP contribution >= 0.6 is 0 Å².